The van der Waals surface area contributed by atoms with Crippen molar-refractivity contribution in [3.05, 3.63) is 18.2 Å². The van der Waals surface area contributed by atoms with Crippen LogP contribution in [-0.4, -0.2) is 31.0 Å². The van der Waals surface area contributed by atoms with E-state index in [1.807, 2.05) is 13.8 Å². The molecule has 0 saturated carbocycles. The topological polar surface area (TPSA) is 30.5 Å². The summed E-state index contributed by atoms with van der Waals surface area (Å²) in [5.74, 6) is 1.20. The predicted molar refractivity (Wildman–Crippen MR) is 75.8 cm³/mol. The molecule has 0 spiro atoms. The van der Waals surface area contributed by atoms with Crippen LogP contribution in [0.15, 0.2) is 18.2 Å². The maximum atomic E-state index is 12.0. The van der Waals surface area contributed by atoms with Gasteiger partial charge in [-0.2, -0.15) is 13.2 Å². The molecule has 0 unspecified atom stereocenters. The number of rotatable bonds is 8. The Morgan fingerprint density at radius 1 is 1.15 bits per heavy atom. The molecule has 20 heavy (non-hydrogen) atoms. The van der Waals surface area contributed by atoms with Gasteiger partial charge in [-0.05, 0) is 37.7 Å². The van der Waals surface area contributed by atoms with Gasteiger partial charge >= 0.3 is 5.51 Å². The van der Waals surface area contributed by atoms with E-state index in [0.717, 1.165) is 0 Å². The fourth-order valence-electron chi connectivity index (χ4n) is 1.54. The molecule has 3 nitrogen and oxygen atoms in total. The van der Waals surface area contributed by atoms with Crippen LogP contribution < -0.4 is 14.8 Å². The van der Waals surface area contributed by atoms with E-state index < -0.39 is 5.51 Å². The SMILES string of the molecule is CCOc1ccc(OCC)c(NCCSC(F)(F)F)c1. The minimum Gasteiger partial charge on any atom is -0.494 e. The summed E-state index contributed by atoms with van der Waals surface area (Å²) >= 11 is -0.0481. The van der Waals surface area contributed by atoms with Crippen molar-refractivity contribution in [2.75, 3.05) is 30.8 Å². The molecule has 0 fully saturated rings. The molecule has 0 heterocycles. The maximum Gasteiger partial charge on any atom is 0.441 e. The van der Waals surface area contributed by atoms with Crippen molar-refractivity contribution in [2.45, 2.75) is 19.4 Å². The van der Waals surface area contributed by atoms with E-state index in [0.29, 0.717) is 30.4 Å². The molecule has 0 aliphatic carbocycles. The van der Waals surface area contributed by atoms with Crippen molar-refractivity contribution >= 4 is 17.4 Å². The van der Waals surface area contributed by atoms with Gasteiger partial charge in [-0.1, -0.05) is 0 Å². The smallest absolute Gasteiger partial charge is 0.441 e. The molecule has 0 aliphatic heterocycles. The molecule has 0 aromatic heterocycles. The minimum atomic E-state index is -4.20. The van der Waals surface area contributed by atoms with Gasteiger partial charge in [0.2, 0.25) is 0 Å². The van der Waals surface area contributed by atoms with Crippen molar-refractivity contribution in [3.8, 4) is 11.5 Å². The van der Waals surface area contributed by atoms with Gasteiger partial charge in [-0.3, -0.25) is 0 Å². The van der Waals surface area contributed by atoms with E-state index in [2.05, 4.69) is 5.32 Å². The monoisotopic (exact) mass is 309 g/mol. The standard InChI is InChI=1S/C13H18F3NO2S/c1-3-18-10-5-6-12(19-4-2)11(9-10)17-7-8-20-13(14,15)16/h5-6,9,17H,3-4,7-8H2,1-2H3. The average Bonchev–Trinajstić information content (AvgIpc) is 2.37. The molecule has 1 N–H and O–H groups in total. The van der Waals surface area contributed by atoms with Crippen LogP contribution in [-0.2, 0) is 0 Å². The summed E-state index contributed by atoms with van der Waals surface area (Å²) in [5, 5.41) is 2.94. The molecule has 1 aromatic carbocycles. The lowest BCUT2D eigenvalue weighted by Crippen LogP contribution is -2.10. The molecular weight excluding hydrogens is 291 g/mol. The summed E-state index contributed by atoms with van der Waals surface area (Å²) in [4.78, 5) is 0. The highest BCUT2D eigenvalue weighted by atomic mass is 32.2. The Hall–Kier alpha value is -1.24. The van der Waals surface area contributed by atoms with Crippen LogP contribution in [0.5, 0.6) is 11.5 Å². The minimum absolute atomic E-state index is 0.0481. The first-order valence-electron chi connectivity index (χ1n) is 6.30. The van der Waals surface area contributed by atoms with Gasteiger partial charge in [0.05, 0.1) is 18.9 Å². The van der Waals surface area contributed by atoms with Crippen molar-refractivity contribution in [2.24, 2.45) is 0 Å². The molecular formula is C13H18F3NO2S. The molecule has 0 aliphatic rings. The molecule has 0 amide bonds. The first-order valence-corrected chi connectivity index (χ1v) is 7.29. The van der Waals surface area contributed by atoms with E-state index >= 15 is 0 Å². The summed E-state index contributed by atoms with van der Waals surface area (Å²) in [5.41, 5.74) is -3.56. The Balaban J connectivity index is 2.62. The molecule has 0 atom stereocenters. The third-order valence-corrected chi connectivity index (χ3v) is 2.98. The van der Waals surface area contributed by atoms with Gasteiger partial charge in [-0.25, -0.2) is 0 Å². The highest BCUT2D eigenvalue weighted by Gasteiger charge is 2.27. The van der Waals surface area contributed by atoms with E-state index in [1.165, 1.54) is 0 Å². The second-order valence-electron chi connectivity index (χ2n) is 3.74. The summed E-state index contributed by atoms with van der Waals surface area (Å²) in [7, 11) is 0. The van der Waals surface area contributed by atoms with Crippen molar-refractivity contribution in [1.29, 1.82) is 0 Å². The molecule has 0 bridgehead atoms. The van der Waals surface area contributed by atoms with Crippen molar-refractivity contribution in [3.63, 3.8) is 0 Å². The van der Waals surface area contributed by atoms with Crippen LogP contribution in [0.1, 0.15) is 13.8 Å². The third kappa shape index (κ3) is 6.27. The lowest BCUT2D eigenvalue weighted by molar-refractivity contribution is -0.0327. The Morgan fingerprint density at radius 3 is 2.45 bits per heavy atom. The number of benzene rings is 1. The number of anilines is 1. The van der Waals surface area contributed by atoms with Crippen LogP contribution in [0.2, 0.25) is 0 Å². The van der Waals surface area contributed by atoms with E-state index in [-0.39, 0.29) is 24.1 Å². The fourth-order valence-corrected chi connectivity index (χ4v) is 1.97. The maximum absolute atomic E-state index is 12.0. The second-order valence-corrected chi connectivity index (χ2v) is 4.90. The predicted octanol–water partition coefficient (Wildman–Crippen LogP) is 4.15. The van der Waals surface area contributed by atoms with Crippen LogP contribution in [0, 0.1) is 0 Å². The number of alkyl halides is 3. The van der Waals surface area contributed by atoms with Gasteiger partial charge in [0.15, 0.2) is 0 Å². The summed E-state index contributed by atoms with van der Waals surface area (Å²) < 4.78 is 46.9. The third-order valence-electron chi connectivity index (χ3n) is 2.25. The summed E-state index contributed by atoms with van der Waals surface area (Å²) in [6.45, 7) is 4.92. The largest absolute Gasteiger partial charge is 0.494 e. The molecule has 0 saturated heterocycles. The highest BCUT2D eigenvalue weighted by Crippen LogP contribution is 2.31. The first kappa shape index (κ1) is 16.8. The summed E-state index contributed by atoms with van der Waals surface area (Å²) in [6.07, 6.45) is 0. The quantitative estimate of drug-likeness (QED) is 0.731. The lowest BCUT2D eigenvalue weighted by atomic mass is 10.2. The zero-order valence-corrected chi connectivity index (χ0v) is 12.2. The van der Waals surface area contributed by atoms with E-state index in [4.69, 9.17) is 9.47 Å². The number of ether oxygens (including phenoxy) is 2. The highest BCUT2D eigenvalue weighted by molar-refractivity contribution is 8.00. The number of halogens is 3. The number of nitrogens with one attached hydrogen (secondary N) is 1. The Labute approximate surface area is 120 Å². The molecule has 1 rings (SSSR count). The number of hydrogen-bond donors (Lipinski definition) is 1. The zero-order valence-electron chi connectivity index (χ0n) is 11.4. The number of thioether (sulfide) groups is 1. The van der Waals surface area contributed by atoms with Crippen LogP contribution in [0.25, 0.3) is 0 Å². The van der Waals surface area contributed by atoms with Crippen LogP contribution in [0.3, 0.4) is 0 Å². The zero-order chi connectivity index (χ0) is 15.0. The van der Waals surface area contributed by atoms with Crippen molar-refractivity contribution in [1.82, 2.24) is 0 Å². The molecule has 7 heteroatoms. The fraction of sp³-hybridized carbons (Fsp3) is 0.538. The van der Waals surface area contributed by atoms with Gasteiger partial charge in [0.25, 0.3) is 0 Å². The van der Waals surface area contributed by atoms with E-state index in [1.54, 1.807) is 18.2 Å². The van der Waals surface area contributed by atoms with Gasteiger partial charge < -0.3 is 14.8 Å². The summed E-state index contributed by atoms with van der Waals surface area (Å²) in [6, 6.07) is 5.24. The first-order chi connectivity index (χ1) is 9.46. The van der Waals surface area contributed by atoms with Gasteiger partial charge in [-0.15, -0.1) is 0 Å². The molecule has 1 aromatic rings. The van der Waals surface area contributed by atoms with Crippen LogP contribution >= 0.6 is 11.8 Å². The Morgan fingerprint density at radius 2 is 1.85 bits per heavy atom. The van der Waals surface area contributed by atoms with Crippen molar-refractivity contribution < 1.29 is 22.6 Å². The second kappa shape index (κ2) is 8.14. The lowest BCUT2D eigenvalue weighted by Gasteiger charge is -2.14. The molecule has 114 valence electrons. The van der Waals surface area contributed by atoms with E-state index in [9.17, 15) is 13.2 Å². The molecule has 0 radical (unpaired) electrons. The number of hydrogen-bond acceptors (Lipinski definition) is 4. The van der Waals surface area contributed by atoms with Gasteiger partial charge in [0, 0.05) is 18.4 Å². The average molecular weight is 309 g/mol. The van der Waals surface area contributed by atoms with Gasteiger partial charge in [0.1, 0.15) is 11.5 Å². The Bertz CT molecular complexity index is 413. The Kier molecular flexibility index (Phi) is 6.84. The van der Waals surface area contributed by atoms with Crippen LogP contribution in [0.4, 0.5) is 18.9 Å². The normalized spacial score (nSPS) is 11.2.